The van der Waals surface area contributed by atoms with Crippen LogP contribution in [0.1, 0.15) is 213 Å². The Kier molecular flexibility index (Phi) is 39.8. The number of carbonyl (C=O) groups is 1. The number of aliphatic hydroxyl groups excluding tert-OH is 1. The molecule has 2 atom stereocenters. The summed E-state index contributed by atoms with van der Waals surface area (Å²) in [5.74, 6) is 0. The van der Waals surface area contributed by atoms with Crippen LogP contribution in [0.3, 0.4) is 0 Å². The number of ether oxygens (including phenoxy) is 3. The molecule has 0 heterocycles. The smallest absolute Gasteiger partial charge is 0.434 e. The van der Waals surface area contributed by atoms with E-state index in [0.717, 1.165) is 64.5 Å². The molecule has 298 valence electrons. The number of aliphatic hydroxyl groups is 1. The molecule has 0 spiro atoms. The summed E-state index contributed by atoms with van der Waals surface area (Å²) in [6, 6.07) is 0. The first kappa shape index (κ1) is 48.9. The van der Waals surface area contributed by atoms with Crippen molar-refractivity contribution in [3.8, 4) is 0 Å². The molecule has 0 rings (SSSR count). The third-order valence-corrected chi connectivity index (χ3v) is 9.79. The van der Waals surface area contributed by atoms with Gasteiger partial charge in [0, 0.05) is 13.2 Å². The van der Waals surface area contributed by atoms with Gasteiger partial charge in [0.15, 0.2) is 0 Å². The summed E-state index contributed by atoms with van der Waals surface area (Å²) < 4.78 is 17.0. The lowest BCUT2D eigenvalue weighted by Crippen LogP contribution is -2.25. The van der Waals surface area contributed by atoms with Crippen LogP contribution in [-0.2, 0) is 14.2 Å². The van der Waals surface area contributed by atoms with Gasteiger partial charge in [-0.3, -0.25) is 0 Å². The van der Waals surface area contributed by atoms with E-state index < -0.39 is 6.16 Å². The monoisotopic (exact) mass is 710 g/mol. The largest absolute Gasteiger partial charge is 0.508 e. The van der Waals surface area contributed by atoms with Crippen LogP contribution in [0.4, 0.5) is 4.79 Å². The molecule has 1 N–H and O–H groups in total. The number of hydrogen-bond acceptors (Lipinski definition) is 6. The minimum Gasteiger partial charge on any atom is -0.434 e. The molecule has 0 amide bonds. The fraction of sp³-hybridized carbons (Fsp3) is 0.932. The molecule has 0 saturated heterocycles. The van der Waals surface area contributed by atoms with Crippen LogP contribution >= 0.6 is 0 Å². The maximum Gasteiger partial charge on any atom is 0.508 e. The summed E-state index contributed by atoms with van der Waals surface area (Å²) in [5, 5.41) is 10.1. The topological polar surface area (TPSA) is 68.2 Å². The molecule has 1 unspecified atom stereocenters. The molecule has 0 bridgehead atoms. The fourth-order valence-electron chi connectivity index (χ4n) is 6.49. The van der Waals surface area contributed by atoms with Crippen molar-refractivity contribution in [3.05, 3.63) is 12.2 Å². The predicted octanol–water partition coefficient (Wildman–Crippen LogP) is 13.1. The molecule has 0 aromatic rings. The highest BCUT2D eigenvalue weighted by Gasteiger charge is 2.16. The lowest BCUT2D eigenvalue weighted by Gasteiger charge is -2.18. The molecule has 0 aromatic heterocycles. The quantitative estimate of drug-likeness (QED) is 0.0388. The van der Waals surface area contributed by atoms with E-state index in [1.807, 2.05) is 14.1 Å². The van der Waals surface area contributed by atoms with Gasteiger partial charge in [0.2, 0.25) is 0 Å². The predicted molar refractivity (Wildman–Crippen MR) is 215 cm³/mol. The van der Waals surface area contributed by atoms with Crippen LogP contribution in [-0.4, -0.2) is 68.8 Å². The third kappa shape index (κ3) is 39.7. The molecule has 0 aromatic carbocycles. The summed E-state index contributed by atoms with van der Waals surface area (Å²) >= 11 is 0. The van der Waals surface area contributed by atoms with E-state index in [9.17, 15) is 9.90 Å². The highest BCUT2D eigenvalue weighted by molar-refractivity contribution is 5.60. The lowest BCUT2D eigenvalue weighted by atomic mass is 10.0. The normalized spacial score (nSPS) is 13.0. The SMILES string of the molecule is CCCCCCCCCCCCCCCCCCC(COCCCCCCCC/C=C\C[C@H](O)CCCCCC)OC(=O)OCCCN(C)C. The van der Waals surface area contributed by atoms with Crippen molar-refractivity contribution in [2.24, 2.45) is 0 Å². The van der Waals surface area contributed by atoms with Gasteiger partial charge in [-0.1, -0.05) is 174 Å². The summed E-state index contributed by atoms with van der Waals surface area (Å²) in [4.78, 5) is 14.4. The van der Waals surface area contributed by atoms with Gasteiger partial charge >= 0.3 is 6.16 Å². The molecular weight excluding hydrogens is 622 g/mol. The third-order valence-electron chi connectivity index (χ3n) is 9.79. The molecule has 50 heavy (non-hydrogen) atoms. The Balaban J connectivity index is 3.96. The van der Waals surface area contributed by atoms with Crippen LogP contribution in [0.15, 0.2) is 12.2 Å². The highest BCUT2D eigenvalue weighted by atomic mass is 16.7. The van der Waals surface area contributed by atoms with E-state index in [1.165, 1.54) is 148 Å². The number of nitrogens with zero attached hydrogens (tertiary/aromatic N) is 1. The maximum atomic E-state index is 12.3. The first-order valence-electron chi connectivity index (χ1n) is 21.9. The average Bonchev–Trinajstić information content (AvgIpc) is 3.10. The zero-order valence-electron chi connectivity index (χ0n) is 34.1. The molecule has 0 radical (unpaired) electrons. The van der Waals surface area contributed by atoms with E-state index in [1.54, 1.807) is 0 Å². The highest BCUT2D eigenvalue weighted by Crippen LogP contribution is 2.16. The molecule has 0 aliphatic rings. The second kappa shape index (κ2) is 40.7. The van der Waals surface area contributed by atoms with Crippen LogP contribution in [0.5, 0.6) is 0 Å². The Morgan fingerprint density at radius 3 is 1.62 bits per heavy atom. The van der Waals surface area contributed by atoms with Gasteiger partial charge in [0.1, 0.15) is 6.10 Å². The molecule has 6 heteroatoms. The number of rotatable bonds is 40. The second-order valence-corrected chi connectivity index (χ2v) is 15.3. The van der Waals surface area contributed by atoms with Crippen LogP contribution in [0.25, 0.3) is 0 Å². The second-order valence-electron chi connectivity index (χ2n) is 15.3. The van der Waals surface area contributed by atoms with Gasteiger partial charge in [-0.05, 0) is 65.5 Å². The maximum absolute atomic E-state index is 12.3. The number of unbranched alkanes of at least 4 members (excludes halogenated alkanes) is 24. The minimum atomic E-state index is -0.553. The van der Waals surface area contributed by atoms with Crippen molar-refractivity contribution in [1.82, 2.24) is 4.90 Å². The van der Waals surface area contributed by atoms with Crippen LogP contribution < -0.4 is 0 Å². The van der Waals surface area contributed by atoms with Gasteiger partial charge in [0.05, 0.1) is 19.3 Å². The van der Waals surface area contributed by atoms with Crippen molar-refractivity contribution >= 4 is 6.16 Å². The first-order valence-corrected chi connectivity index (χ1v) is 21.9. The van der Waals surface area contributed by atoms with Gasteiger partial charge in [0.25, 0.3) is 0 Å². The molecule has 0 aliphatic carbocycles. The Morgan fingerprint density at radius 2 is 1.06 bits per heavy atom. The Labute approximate surface area is 312 Å². The Bertz CT molecular complexity index is 700. The summed E-state index contributed by atoms with van der Waals surface area (Å²) in [7, 11) is 4.04. The van der Waals surface area contributed by atoms with E-state index in [2.05, 4.69) is 30.9 Å². The van der Waals surface area contributed by atoms with Crippen molar-refractivity contribution in [1.29, 1.82) is 0 Å². The number of hydrogen-bond donors (Lipinski definition) is 1. The van der Waals surface area contributed by atoms with Crippen LogP contribution in [0, 0.1) is 0 Å². The van der Waals surface area contributed by atoms with E-state index >= 15 is 0 Å². The van der Waals surface area contributed by atoms with Crippen molar-refractivity contribution in [2.45, 2.75) is 225 Å². The zero-order chi connectivity index (χ0) is 36.6. The Hall–Kier alpha value is -1.11. The zero-order valence-corrected chi connectivity index (χ0v) is 34.1. The van der Waals surface area contributed by atoms with E-state index in [4.69, 9.17) is 14.2 Å². The minimum absolute atomic E-state index is 0.169. The number of carbonyl (C=O) groups excluding carboxylic acids is 1. The van der Waals surface area contributed by atoms with Gasteiger partial charge in [-0.2, -0.15) is 0 Å². The molecular formula is C44H87NO5. The standard InChI is InChI=1S/C44H87NO5/c1-5-7-9-11-12-13-14-15-16-17-18-19-22-25-28-32-37-43(50-44(47)49-40-34-38-45(3)4)41-48-39-33-29-26-23-20-21-24-27-31-36-42(46)35-30-10-8-6-2/h27,31,42-43,46H,5-26,28-30,32-41H2,1-4H3/b31-27-/t42-,43?/m1/s1. The summed E-state index contributed by atoms with van der Waals surface area (Å²) in [6.45, 7) is 6.98. The van der Waals surface area contributed by atoms with Crippen LogP contribution in [0.2, 0.25) is 0 Å². The number of allylic oxidation sites excluding steroid dienone is 1. The molecule has 0 fully saturated rings. The summed E-state index contributed by atoms with van der Waals surface area (Å²) in [6.07, 6.45) is 41.8. The van der Waals surface area contributed by atoms with E-state index in [-0.39, 0.29) is 12.2 Å². The fourth-order valence-corrected chi connectivity index (χ4v) is 6.49. The first-order chi connectivity index (χ1) is 24.5. The van der Waals surface area contributed by atoms with Gasteiger partial charge < -0.3 is 24.2 Å². The van der Waals surface area contributed by atoms with E-state index in [0.29, 0.717) is 13.2 Å². The average molecular weight is 710 g/mol. The van der Waals surface area contributed by atoms with Gasteiger partial charge in [-0.15, -0.1) is 0 Å². The van der Waals surface area contributed by atoms with Gasteiger partial charge in [-0.25, -0.2) is 4.79 Å². The Morgan fingerprint density at radius 1 is 0.580 bits per heavy atom. The molecule has 6 nitrogen and oxygen atoms in total. The lowest BCUT2D eigenvalue weighted by molar-refractivity contribution is -0.0211. The summed E-state index contributed by atoms with van der Waals surface area (Å²) in [5.41, 5.74) is 0. The van der Waals surface area contributed by atoms with Crippen molar-refractivity contribution < 1.29 is 24.1 Å². The molecule has 0 saturated carbocycles. The van der Waals surface area contributed by atoms with Crippen molar-refractivity contribution in [2.75, 3.05) is 40.5 Å². The molecule has 0 aliphatic heterocycles. The van der Waals surface area contributed by atoms with Crippen molar-refractivity contribution in [3.63, 3.8) is 0 Å².